The van der Waals surface area contributed by atoms with Crippen LogP contribution >= 0.6 is 0 Å². The number of phenolic OH excluding ortho intramolecular Hbond substituents is 1. The minimum absolute atomic E-state index is 0.110. The zero-order valence-electron chi connectivity index (χ0n) is 21.6. The van der Waals surface area contributed by atoms with Gasteiger partial charge in [-0.1, -0.05) is 17.7 Å². The first-order valence-electron chi connectivity index (χ1n) is 12.8. The molecule has 10 nitrogen and oxygen atoms in total. The lowest BCUT2D eigenvalue weighted by atomic mass is 9.59. The Hall–Kier alpha value is -4.86. The molecule has 1 aliphatic heterocycles. The smallest absolute Gasteiger partial charge is 0.269 e. The molecule has 0 bridgehead atoms. The molecular weight excluding hydrogens is 516 g/mol. The molecule has 2 amide bonds. The number of rotatable bonds is 4. The summed E-state index contributed by atoms with van der Waals surface area (Å²) in [6.07, 6.45) is 3.51. The number of ether oxygens (including phenoxy) is 1. The maximum Gasteiger partial charge on any atom is 0.269 e. The molecule has 1 fully saturated rings. The van der Waals surface area contributed by atoms with E-state index in [0.29, 0.717) is 28.0 Å². The lowest BCUT2D eigenvalue weighted by Crippen LogP contribution is -2.39. The number of hydrogen-bond donors (Lipinski definition) is 1. The quantitative estimate of drug-likeness (QED) is 0.202. The van der Waals surface area contributed by atoms with Gasteiger partial charge in [0.25, 0.3) is 5.69 Å². The first kappa shape index (κ1) is 25.4. The molecule has 1 saturated heterocycles. The van der Waals surface area contributed by atoms with Gasteiger partial charge in [-0.05, 0) is 50.0 Å². The van der Waals surface area contributed by atoms with Crippen molar-refractivity contribution >= 4 is 34.8 Å². The van der Waals surface area contributed by atoms with E-state index in [4.69, 9.17) is 4.74 Å². The molecule has 4 atom stereocenters. The third kappa shape index (κ3) is 3.63. The van der Waals surface area contributed by atoms with Crippen LogP contribution in [0, 0.1) is 27.9 Å². The van der Waals surface area contributed by atoms with Crippen LogP contribution in [0.1, 0.15) is 31.2 Å². The van der Waals surface area contributed by atoms with Crippen molar-refractivity contribution in [2.24, 2.45) is 17.8 Å². The summed E-state index contributed by atoms with van der Waals surface area (Å²) >= 11 is 0. The Bertz CT molecular complexity index is 1630. The number of phenols is 1. The number of imide groups is 1. The molecule has 0 unspecified atom stereocenters. The number of nitro benzene ring substituents is 1. The van der Waals surface area contributed by atoms with Gasteiger partial charge in [-0.3, -0.25) is 34.2 Å². The number of Topliss-reactive ketones (excluding diaryl/α,β-unsaturated/α-hetero) is 1. The molecule has 2 aromatic rings. The van der Waals surface area contributed by atoms with Crippen LogP contribution in [-0.2, 0) is 19.2 Å². The van der Waals surface area contributed by atoms with Gasteiger partial charge >= 0.3 is 0 Å². The molecule has 0 spiro atoms. The highest BCUT2D eigenvalue weighted by Crippen LogP contribution is 2.56. The molecule has 10 heteroatoms. The van der Waals surface area contributed by atoms with E-state index in [0.717, 1.165) is 4.90 Å². The number of fused-ring (bicyclic) bond motifs is 3. The zero-order chi connectivity index (χ0) is 28.5. The largest absolute Gasteiger partial charge is 0.507 e. The zero-order valence-corrected chi connectivity index (χ0v) is 21.6. The molecule has 40 heavy (non-hydrogen) atoms. The number of non-ortho nitro benzene ring substituents is 1. The molecule has 2 aromatic carbocycles. The maximum atomic E-state index is 13.9. The van der Waals surface area contributed by atoms with Crippen LogP contribution in [0.4, 0.5) is 11.4 Å². The van der Waals surface area contributed by atoms with Gasteiger partial charge in [-0.2, -0.15) is 0 Å². The van der Waals surface area contributed by atoms with E-state index in [1.807, 2.05) is 6.08 Å². The molecule has 6 rings (SSSR count). The number of amides is 2. The normalized spacial score (nSPS) is 25.7. The summed E-state index contributed by atoms with van der Waals surface area (Å²) in [7, 11) is 1.46. The predicted molar refractivity (Wildman–Crippen MR) is 142 cm³/mol. The van der Waals surface area contributed by atoms with Gasteiger partial charge in [0.2, 0.25) is 11.8 Å². The number of carbonyl (C=O) groups is 4. The molecule has 4 aliphatic rings. The fraction of sp³-hybridized carbons (Fsp3) is 0.267. The average molecular weight is 541 g/mol. The first-order chi connectivity index (χ1) is 19.1. The Morgan fingerprint density at radius 1 is 1.02 bits per heavy atom. The highest BCUT2D eigenvalue weighted by molar-refractivity contribution is 6.25. The van der Waals surface area contributed by atoms with Crippen molar-refractivity contribution in [1.29, 1.82) is 0 Å². The molecule has 202 valence electrons. The van der Waals surface area contributed by atoms with Crippen molar-refractivity contribution in [3.63, 3.8) is 0 Å². The Morgan fingerprint density at radius 3 is 2.40 bits per heavy atom. The lowest BCUT2D eigenvalue weighted by Gasteiger charge is -2.42. The number of ketones is 2. The Kier molecular flexibility index (Phi) is 5.79. The average Bonchev–Trinajstić information content (AvgIpc) is 3.20. The van der Waals surface area contributed by atoms with Crippen molar-refractivity contribution < 1.29 is 33.9 Å². The summed E-state index contributed by atoms with van der Waals surface area (Å²) in [6.45, 7) is 1.57. The number of nitrogens with zero attached hydrogens (tertiary/aromatic N) is 2. The predicted octanol–water partition coefficient (Wildman–Crippen LogP) is 3.94. The van der Waals surface area contributed by atoms with E-state index in [1.54, 1.807) is 19.1 Å². The standard InChI is InChI=1S/C30H24N2O8/c1-14-11-24(34)27-22(28(14)35)13-21-18(25(27)19-8-7-17(40-2)12-23(19)33)9-10-20-26(21)30(37)31(29(20)36)15-3-5-16(6-4-15)32(38)39/h3-9,11-12,20-21,25-26,33H,10,13H2,1-2H3/t20-,21+,25+,26-/m0/s1. The van der Waals surface area contributed by atoms with Crippen LogP contribution in [0.25, 0.3) is 0 Å². The fourth-order valence-corrected chi connectivity index (χ4v) is 6.61. The number of anilines is 1. The number of nitro groups is 1. The van der Waals surface area contributed by atoms with E-state index < -0.39 is 40.4 Å². The second kappa shape index (κ2) is 9.11. The van der Waals surface area contributed by atoms with Gasteiger partial charge in [0, 0.05) is 46.4 Å². The third-order valence-electron chi connectivity index (χ3n) is 8.43. The molecule has 0 saturated carbocycles. The van der Waals surface area contributed by atoms with Gasteiger partial charge in [0.1, 0.15) is 11.5 Å². The van der Waals surface area contributed by atoms with E-state index in [-0.39, 0.29) is 47.1 Å². The Balaban J connectivity index is 1.46. The Labute approximate surface area is 228 Å². The summed E-state index contributed by atoms with van der Waals surface area (Å²) in [5.41, 5.74) is 2.05. The molecule has 0 radical (unpaired) electrons. The molecule has 1 heterocycles. The second-order valence-electron chi connectivity index (χ2n) is 10.4. The van der Waals surface area contributed by atoms with E-state index in [9.17, 15) is 34.4 Å². The molecule has 1 N–H and O–H groups in total. The molecule has 0 aromatic heterocycles. The van der Waals surface area contributed by atoms with Crippen molar-refractivity contribution in [3.8, 4) is 11.5 Å². The number of methoxy groups -OCH3 is 1. The van der Waals surface area contributed by atoms with E-state index in [1.165, 1.54) is 43.5 Å². The number of carbonyl (C=O) groups excluding carboxylic acids is 4. The summed E-state index contributed by atoms with van der Waals surface area (Å²) in [5.74, 6) is -4.02. The maximum absolute atomic E-state index is 13.9. The van der Waals surface area contributed by atoms with Crippen molar-refractivity contribution in [2.75, 3.05) is 12.0 Å². The summed E-state index contributed by atoms with van der Waals surface area (Å²) in [6, 6.07) is 9.95. The summed E-state index contributed by atoms with van der Waals surface area (Å²) in [5, 5.41) is 22.1. The summed E-state index contributed by atoms with van der Waals surface area (Å²) < 4.78 is 5.22. The number of aromatic hydroxyl groups is 1. The minimum Gasteiger partial charge on any atom is -0.507 e. The minimum atomic E-state index is -0.797. The highest BCUT2D eigenvalue weighted by Gasteiger charge is 2.56. The SMILES string of the molecule is COc1ccc([C@H]2C3=CC[C@@H]4C(=O)N(c5ccc([N+](=O)[O-])cc5)C(=O)[C@@H]4[C@@H]3CC3=C2C(=O)C=C(C)C3=O)c(O)c1. The van der Waals surface area contributed by atoms with Crippen LogP contribution in [0.3, 0.4) is 0 Å². The fourth-order valence-electron chi connectivity index (χ4n) is 6.61. The monoisotopic (exact) mass is 540 g/mol. The second-order valence-corrected chi connectivity index (χ2v) is 10.4. The number of benzene rings is 2. The van der Waals surface area contributed by atoms with Gasteiger partial charge in [0.05, 0.1) is 29.6 Å². The number of allylic oxidation sites excluding steroid dienone is 6. The lowest BCUT2D eigenvalue weighted by molar-refractivity contribution is -0.384. The van der Waals surface area contributed by atoms with Crippen LogP contribution in [0.15, 0.2) is 76.9 Å². The van der Waals surface area contributed by atoms with Gasteiger partial charge in [0.15, 0.2) is 11.6 Å². The van der Waals surface area contributed by atoms with Gasteiger partial charge in [-0.25, -0.2) is 0 Å². The van der Waals surface area contributed by atoms with Gasteiger partial charge < -0.3 is 9.84 Å². The number of hydrogen-bond acceptors (Lipinski definition) is 8. The molecular formula is C30H24N2O8. The van der Waals surface area contributed by atoms with Crippen molar-refractivity contribution in [1.82, 2.24) is 0 Å². The van der Waals surface area contributed by atoms with Crippen LogP contribution in [-0.4, -0.2) is 40.5 Å². The van der Waals surface area contributed by atoms with Gasteiger partial charge in [-0.15, -0.1) is 0 Å². The van der Waals surface area contributed by atoms with Crippen LogP contribution < -0.4 is 9.64 Å². The first-order valence-corrected chi connectivity index (χ1v) is 12.8. The molecule has 3 aliphatic carbocycles. The summed E-state index contributed by atoms with van der Waals surface area (Å²) in [4.78, 5) is 65.7. The van der Waals surface area contributed by atoms with Crippen LogP contribution in [0.2, 0.25) is 0 Å². The third-order valence-corrected chi connectivity index (χ3v) is 8.43. The van der Waals surface area contributed by atoms with Crippen LogP contribution in [0.5, 0.6) is 11.5 Å². The van der Waals surface area contributed by atoms with E-state index >= 15 is 0 Å². The van der Waals surface area contributed by atoms with Crippen molar-refractivity contribution in [3.05, 3.63) is 92.6 Å². The van der Waals surface area contributed by atoms with Crippen molar-refractivity contribution in [2.45, 2.75) is 25.7 Å². The van der Waals surface area contributed by atoms with E-state index in [2.05, 4.69) is 0 Å². The topological polar surface area (TPSA) is 144 Å². The Morgan fingerprint density at radius 2 is 1.75 bits per heavy atom. The highest BCUT2D eigenvalue weighted by atomic mass is 16.6.